The first-order valence-corrected chi connectivity index (χ1v) is 6.12. The molecule has 0 aliphatic rings. The van der Waals surface area contributed by atoms with E-state index < -0.39 is 13.0 Å². The molecule has 1 heterocycles. The monoisotopic (exact) mass is 266 g/mol. The molecule has 0 amide bonds. The molecule has 1 aromatic heterocycles. The Labute approximate surface area is 110 Å². The van der Waals surface area contributed by atoms with Crippen molar-refractivity contribution in [3.63, 3.8) is 0 Å². The normalized spacial score (nSPS) is 11.2. The van der Waals surface area contributed by atoms with Crippen LogP contribution < -0.4 is 4.90 Å². The molecule has 0 saturated carbocycles. The highest BCUT2D eigenvalue weighted by Crippen LogP contribution is 2.23. The molecule has 0 aliphatic heterocycles. The van der Waals surface area contributed by atoms with Gasteiger partial charge in [-0.25, -0.2) is 13.8 Å². The van der Waals surface area contributed by atoms with Crippen LogP contribution in [0, 0.1) is 6.92 Å². The summed E-state index contributed by atoms with van der Waals surface area (Å²) in [6.07, 6.45) is -2.46. The average molecular weight is 266 g/mol. The van der Waals surface area contributed by atoms with Crippen LogP contribution in [0.2, 0.25) is 0 Å². The van der Waals surface area contributed by atoms with Crippen LogP contribution in [0.5, 0.6) is 0 Å². The molecule has 1 aromatic carbocycles. The van der Waals surface area contributed by atoms with Crippen molar-refractivity contribution in [2.75, 3.05) is 24.6 Å². The van der Waals surface area contributed by atoms with Gasteiger partial charge in [-0.2, -0.15) is 0 Å². The van der Waals surface area contributed by atoms with Crippen LogP contribution in [-0.2, 0) is 0 Å². The van der Waals surface area contributed by atoms with Crippen LogP contribution in [0.4, 0.5) is 14.6 Å². The maximum absolute atomic E-state index is 12.6. The third-order valence-electron chi connectivity index (χ3n) is 2.92. The zero-order chi connectivity index (χ0) is 13.8. The molecule has 2 rings (SSSR count). The van der Waals surface area contributed by atoms with Gasteiger partial charge in [0.1, 0.15) is 5.82 Å². The number of alkyl halides is 2. The van der Waals surface area contributed by atoms with Crippen LogP contribution in [0.3, 0.4) is 0 Å². The lowest BCUT2D eigenvalue weighted by atomic mass is 10.1. The molecule has 0 saturated heterocycles. The number of halogens is 2. The number of hydrogen-bond donors (Lipinski definition) is 1. The molecule has 1 N–H and O–H groups in total. The summed E-state index contributed by atoms with van der Waals surface area (Å²) >= 11 is 0. The fourth-order valence-electron chi connectivity index (χ4n) is 2.10. The first-order chi connectivity index (χ1) is 9.11. The van der Waals surface area contributed by atoms with E-state index in [1.165, 1.54) is 4.90 Å². The van der Waals surface area contributed by atoms with Crippen LogP contribution >= 0.6 is 0 Å². The Balaban J connectivity index is 2.43. The highest BCUT2D eigenvalue weighted by Gasteiger charge is 2.16. The Morgan fingerprint density at radius 3 is 2.74 bits per heavy atom. The Morgan fingerprint density at radius 2 is 2.05 bits per heavy atom. The van der Waals surface area contributed by atoms with E-state index in [4.69, 9.17) is 5.11 Å². The lowest BCUT2D eigenvalue weighted by Crippen LogP contribution is -2.32. The van der Waals surface area contributed by atoms with Gasteiger partial charge >= 0.3 is 0 Å². The molecular formula is C14H16F2N2O. The van der Waals surface area contributed by atoms with E-state index in [-0.39, 0.29) is 13.2 Å². The van der Waals surface area contributed by atoms with Crippen LogP contribution in [0.1, 0.15) is 5.56 Å². The molecule has 0 spiro atoms. The van der Waals surface area contributed by atoms with Gasteiger partial charge in [0.05, 0.1) is 18.7 Å². The summed E-state index contributed by atoms with van der Waals surface area (Å²) in [6.45, 7) is 1.38. The highest BCUT2D eigenvalue weighted by molar-refractivity contribution is 5.81. The lowest BCUT2D eigenvalue weighted by Gasteiger charge is -2.24. The summed E-state index contributed by atoms with van der Waals surface area (Å²) < 4.78 is 25.2. The van der Waals surface area contributed by atoms with E-state index in [9.17, 15) is 8.78 Å². The van der Waals surface area contributed by atoms with Gasteiger partial charge < -0.3 is 10.0 Å². The topological polar surface area (TPSA) is 36.4 Å². The van der Waals surface area contributed by atoms with Gasteiger partial charge in [0.2, 0.25) is 0 Å². The summed E-state index contributed by atoms with van der Waals surface area (Å²) in [5, 5.41) is 9.98. The SMILES string of the molecule is Cc1cc2ccccc2nc1N(CCO)CC(F)F. The molecule has 0 atom stereocenters. The number of benzene rings is 1. The van der Waals surface area contributed by atoms with E-state index >= 15 is 0 Å². The molecule has 0 fully saturated rings. The maximum Gasteiger partial charge on any atom is 0.255 e. The molecule has 2 aromatic rings. The summed E-state index contributed by atoms with van der Waals surface area (Å²) in [5.41, 5.74) is 1.59. The predicted molar refractivity (Wildman–Crippen MR) is 71.8 cm³/mol. The number of fused-ring (bicyclic) bond motifs is 1. The number of aliphatic hydroxyl groups excluding tert-OH is 1. The largest absolute Gasteiger partial charge is 0.395 e. The van der Waals surface area contributed by atoms with Crippen LogP contribution in [0.25, 0.3) is 10.9 Å². The van der Waals surface area contributed by atoms with Crippen LogP contribution in [-0.4, -0.2) is 36.2 Å². The molecule has 3 nitrogen and oxygen atoms in total. The molecule has 0 radical (unpaired) electrons. The van der Waals surface area contributed by atoms with Crippen molar-refractivity contribution in [1.82, 2.24) is 4.98 Å². The van der Waals surface area contributed by atoms with Gasteiger partial charge in [-0.3, -0.25) is 0 Å². The number of para-hydroxylation sites is 1. The number of aliphatic hydroxyl groups is 1. The number of rotatable bonds is 5. The Morgan fingerprint density at radius 1 is 1.32 bits per heavy atom. The first-order valence-electron chi connectivity index (χ1n) is 6.12. The average Bonchev–Trinajstić information content (AvgIpc) is 2.37. The number of nitrogens with zero attached hydrogens (tertiary/aromatic N) is 2. The van der Waals surface area contributed by atoms with Gasteiger partial charge in [-0.1, -0.05) is 18.2 Å². The van der Waals surface area contributed by atoms with Crippen molar-refractivity contribution in [2.24, 2.45) is 0 Å². The minimum Gasteiger partial charge on any atom is -0.395 e. The third kappa shape index (κ3) is 3.17. The van der Waals surface area contributed by atoms with Gasteiger partial charge in [0.15, 0.2) is 0 Å². The third-order valence-corrected chi connectivity index (χ3v) is 2.92. The Bertz CT molecular complexity index is 560. The first kappa shape index (κ1) is 13.7. The smallest absolute Gasteiger partial charge is 0.255 e. The van der Waals surface area contributed by atoms with Gasteiger partial charge in [-0.05, 0) is 24.6 Å². The minimum atomic E-state index is -2.46. The van der Waals surface area contributed by atoms with Crippen molar-refractivity contribution in [3.05, 3.63) is 35.9 Å². The number of aromatic nitrogens is 1. The van der Waals surface area contributed by atoms with Crippen molar-refractivity contribution in [3.8, 4) is 0 Å². The van der Waals surface area contributed by atoms with Crippen LogP contribution in [0.15, 0.2) is 30.3 Å². The molecule has 5 heteroatoms. The number of anilines is 1. The number of aryl methyl sites for hydroxylation is 1. The lowest BCUT2D eigenvalue weighted by molar-refractivity contribution is 0.152. The number of hydrogen-bond acceptors (Lipinski definition) is 3. The molecule has 0 unspecified atom stereocenters. The molecule has 0 bridgehead atoms. The fraction of sp³-hybridized carbons (Fsp3) is 0.357. The molecular weight excluding hydrogens is 250 g/mol. The van der Waals surface area contributed by atoms with Gasteiger partial charge in [0, 0.05) is 11.9 Å². The van der Waals surface area contributed by atoms with E-state index in [2.05, 4.69) is 4.98 Å². The van der Waals surface area contributed by atoms with Crippen molar-refractivity contribution in [2.45, 2.75) is 13.3 Å². The zero-order valence-corrected chi connectivity index (χ0v) is 10.7. The van der Waals surface area contributed by atoms with Crippen molar-refractivity contribution < 1.29 is 13.9 Å². The summed E-state index contributed by atoms with van der Waals surface area (Å²) in [6, 6.07) is 9.47. The Kier molecular flexibility index (Phi) is 4.27. The van der Waals surface area contributed by atoms with E-state index in [1.807, 2.05) is 37.3 Å². The fourth-order valence-corrected chi connectivity index (χ4v) is 2.10. The van der Waals surface area contributed by atoms with Crippen molar-refractivity contribution >= 4 is 16.7 Å². The van der Waals surface area contributed by atoms with Gasteiger partial charge in [-0.15, -0.1) is 0 Å². The van der Waals surface area contributed by atoms with E-state index in [0.29, 0.717) is 5.82 Å². The van der Waals surface area contributed by atoms with Gasteiger partial charge in [0.25, 0.3) is 6.43 Å². The quantitative estimate of drug-likeness (QED) is 0.903. The predicted octanol–water partition coefficient (Wildman–Crippen LogP) is 2.61. The maximum atomic E-state index is 12.6. The minimum absolute atomic E-state index is 0.149. The summed E-state index contributed by atoms with van der Waals surface area (Å²) in [4.78, 5) is 5.85. The molecule has 19 heavy (non-hydrogen) atoms. The van der Waals surface area contributed by atoms with Crippen molar-refractivity contribution in [1.29, 1.82) is 0 Å². The second-order valence-electron chi connectivity index (χ2n) is 4.38. The molecule has 102 valence electrons. The summed E-state index contributed by atoms with van der Waals surface area (Å²) in [7, 11) is 0. The Hall–Kier alpha value is -1.75. The summed E-state index contributed by atoms with van der Waals surface area (Å²) in [5.74, 6) is 0.507. The zero-order valence-electron chi connectivity index (χ0n) is 10.7. The second-order valence-corrected chi connectivity index (χ2v) is 4.38. The highest BCUT2D eigenvalue weighted by atomic mass is 19.3. The second kappa shape index (κ2) is 5.93. The van der Waals surface area contributed by atoms with E-state index in [0.717, 1.165) is 16.5 Å². The standard InChI is InChI=1S/C14H16F2N2O/c1-10-8-11-4-2-3-5-12(11)17-14(10)18(6-7-19)9-13(15)16/h2-5,8,13,19H,6-7,9H2,1H3. The van der Waals surface area contributed by atoms with E-state index in [1.54, 1.807) is 0 Å². The number of pyridine rings is 1. The molecule has 0 aliphatic carbocycles.